The van der Waals surface area contributed by atoms with Gasteiger partial charge in [0.05, 0.1) is 11.5 Å². The molecule has 1 heterocycles. The molecule has 21 heavy (non-hydrogen) atoms. The van der Waals surface area contributed by atoms with Crippen LogP contribution in [0, 0.1) is 0 Å². The monoisotopic (exact) mass is 369 g/mol. The van der Waals surface area contributed by atoms with Crippen molar-refractivity contribution >= 4 is 27.3 Å². The molecule has 2 aromatic rings. The highest BCUT2D eigenvalue weighted by Crippen LogP contribution is 2.29. The minimum atomic E-state index is 0.549. The summed E-state index contributed by atoms with van der Waals surface area (Å²) < 4.78 is 12.7. The van der Waals surface area contributed by atoms with E-state index in [2.05, 4.69) is 22.9 Å². The Kier molecular flexibility index (Phi) is 6.54. The van der Waals surface area contributed by atoms with Gasteiger partial charge in [-0.3, -0.25) is 0 Å². The number of thiophene rings is 1. The summed E-state index contributed by atoms with van der Waals surface area (Å²) in [5.74, 6) is 1.70. The van der Waals surface area contributed by atoms with Gasteiger partial charge in [0.15, 0.2) is 0 Å². The molecule has 0 unspecified atom stereocenters. The molecule has 0 aliphatic rings. The van der Waals surface area contributed by atoms with Crippen LogP contribution in [-0.2, 0) is 13.0 Å². The van der Waals surface area contributed by atoms with E-state index in [4.69, 9.17) is 15.2 Å². The normalized spacial score (nSPS) is 10.6. The van der Waals surface area contributed by atoms with Crippen LogP contribution in [0.25, 0.3) is 0 Å². The Morgan fingerprint density at radius 2 is 2.10 bits per heavy atom. The van der Waals surface area contributed by atoms with E-state index in [1.165, 1.54) is 4.88 Å². The summed E-state index contributed by atoms with van der Waals surface area (Å²) in [6, 6.07) is 8.01. The van der Waals surface area contributed by atoms with Crippen LogP contribution in [0.2, 0.25) is 0 Å². The predicted molar refractivity (Wildman–Crippen MR) is 91.3 cm³/mol. The van der Waals surface area contributed by atoms with Crippen molar-refractivity contribution < 1.29 is 9.47 Å². The quantitative estimate of drug-likeness (QED) is 0.750. The van der Waals surface area contributed by atoms with E-state index in [9.17, 15) is 0 Å². The van der Waals surface area contributed by atoms with Crippen molar-refractivity contribution in [1.29, 1.82) is 0 Å². The molecular formula is C16H20BrNO2S. The molecule has 1 aromatic heterocycles. The van der Waals surface area contributed by atoms with Crippen molar-refractivity contribution in [3.8, 4) is 11.5 Å². The fraction of sp³-hybridized carbons (Fsp3) is 0.375. The number of hydrogen-bond acceptors (Lipinski definition) is 4. The zero-order chi connectivity index (χ0) is 15.1. The highest BCUT2D eigenvalue weighted by Gasteiger charge is 2.08. The predicted octanol–water partition coefficient (Wildman–Crippen LogP) is 4.38. The second-order valence-corrected chi connectivity index (χ2v) is 6.49. The van der Waals surface area contributed by atoms with Crippen LogP contribution in [0.4, 0.5) is 0 Å². The summed E-state index contributed by atoms with van der Waals surface area (Å²) in [5, 5.41) is 2.05. The number of hydrogen-bond donors (Lipinski definition) is 1. The topological polar surface area (TPSA) is 44.5 Å². The second-order valence-electron chi connectivity index (χ2n) is 4.64. The lowest BCUT2D eigenvalue weighted by atomic mass is 10.1. The van der Waals surface area contributed by atoms with Crippen molar-refractivity contribution in [2.24, 2.45) is 5.73 Å². The van der Waals surface area contributed by atoms with E-state index < -0.39 is 0 Å². The van der Waals surface area contributed by atoms with Crippen LogP contribution in [0.1, 0.15) is 23.8 Å². The highest BCUT2D eigenvalue weighted by molar-refractivity contribution is 9.10. The van der Waals surface area contributed by atoms with Crippen LogP contribution >= 0.6 is 27.3 Å². The molecule has 5 heteroatoms. The lowest BCUT2D eigenvalue weighted by molar-refractivity contribution is 0.294. The molecule has 0 bridgehead atoms. The van der Waals surface area contributed by atoms with Gasteiger partial charge in [0.25, 0.3) is 0 Å². The molecule has 0 aliphatic carbocycles. The molecule has 2 rings (SSSR count). The second kappa shape index (κ2) is 8.41. The average molecular weight is 370 g/mol. The van der Waals surface area contributed by atoms with Crippen LogP contribution in [0.5, 0.6) is 11.5 Å². The van der Waals surface area contributed by atoms with Gasteiger partial charge in [-0.05, 0) is 58.4 Å². The number of halogens is 1. The van der Waals surface area contributed by atoms with E-state index in [0.29, 0.717) is 19.8 Å². The standard InChI is InChI=1S/C16H20BrNO2S/c1-2-8-19-13-4-3-12(5-7-18)15(10-13)20-11-16-14(17)6-9-21-16/h3-4,6,9-10H,2,5,7-8,11,18H2,1H3. The van der Waals surface area contributed by atoms with Crippen molar-refractivity contribution in [2.75, 3.05) is 13.2 Å². The van der Waals surface area contributed by atoms with Crippen molar-refractivity contribution in [2.45, 2.75) is 26.4 Å². The minimum absolute atomic E-state index is 0.549. The summed E-state index contributed by atoms with van der Waals surface area (Å²) in [6.07, 6.45) is 1.79. The van der Waals surface area contributed by atoms with Crippen LogP contribution in [-0.4, -0.2) is 13.2 Å². The summed E-state index contributed by atoms with van der Waals surface area (Å²) in [7, 11) is 0. The van der Waals surface area contributed by atoms with Gasteiger partial charge in [-0.2, -0.15) is 0 Å². The molecule has 114 valence electrons. The molecule has 0 saturated heterocycles. The first-order valence-corrected chi connectivity index (χ1v) is 8.72. The Hall–Kier alpha value is -1.04. The zero-order valence-electron chi connectivity index (χ0n) is 12.1. The van der Waals surface area contributed by atoms with Crippen LogP contribution in [0.15, 0.2) is 34.1 Å². The van der Waals surface area contributed by atoms with Crippen molar-refractivity contribution in [3.05, 3.63) is 44.6 Å². The van der Waals surface area contributed by atoms with Gasteiger partial charge >= 0.3 is 0 Å². The fourth-order valence-electron chi connectivity index (χ4n) is 1.91. The largest absolute Gasteiger partial charge is 0.493 e. The van der Waals surface area contributed by atoms with Gasteiger partial charge in [-0.25, -0.2) is 0 Å². The SMILES string of the molecule is CCCOc1ccc(CCN)c(OCc2sccc2Br)c1. The molecule has 0 fully saturated rings. The molecule has 1 aromatic carbocycles. The van der Waals surface area contributed by atoms with Gasteiger partial charge < -0.3 is 15.2 Å². The van der Waals surface area contributed by atoms with Gasteiger partial charge in [0.2, 0.25) is 0 Å². The smallest absolute Gasteiger partial charge is 0.126 e. The van der Waals surface area contributed by atoms with Crippen LogP contribution < -0.4 is 15.2 Å². The Bertz CT molecular complexity index is 571. The highest BCUT2D eigenvalue weighted by atomic mass is 79.9. The third-order valence-corrected chi connectivity index (χ3v) is 4.87. The van der Waals surface area contributed by atoms with Gasteiger partial charge in [0, 0.05) is 10.5 Å². The molecular weight excluding hydrogens is 350 g/mol. The first-order valence-electron chi connectivity index (χ1n) is 7.05. The lowest BCUT2D eigenvalue weighted by Gasteiger charge is -2.13. The van der Waals surface area contributed by atoms with E-state index in [1.807, 2.05) is 29.6 Å². The Morgan fingerprint density at radius 1 is 1.24 bits per heavy atom. The summed E-state index contributed by atoms with van der Waals surface area (Å²) in [6.45, 7) is 3.96. The Morgan fingerprint density at radius 3 is 2.76 bits per heavy atom. The number of benzene rings is 1. The molecule has 0 amide bonds. The van der Waals surface area contributed by atoms with E-state index in [-0.39, 0.29) is 0 Å². The maximum Gasteiger partial charge on any atom is 0.126 e. The fourth-order valence-corrected chi connectivity index (χ4v) is 3.29. The van der Waals surface area contributed by atoms with Crippen molar-refractivity contribution in [1.82, 2.24) is 0 Å². The van der Waals surface area contributed by atoms with E-state index in [1.54, 1.807) is 11.3 Å². The average Bonchev–Trinajstić information content (AvgIpc) is 2.90. The number of ether oxygens (including phenoxy) is 2. The first kappa shape index (κ1) is 16.3. The summed E-state index contributed by atoms with van der Waals surface area (Å²) >= 11 is 5.20. The molecule has 0 spiro atoms. The Balaban J connectivity index is 2.11. The maximum atomic E-state index is 5.98. The number of rotatable bonds is 8. The van der Waals surface area contributed by atoms with Crippen molar-refractivity contribution in [3.63, 3.8) is 0 Å². The first-order chi connectivity index (χ1) is 10.2. The molecule has 3 nitrogen and oxygen atoms in total. The van der Waals surface area contributed by atoms with Gasteiger partial charge in [0.1, 0.15) is 18.1 Å². The van der Waals surface area contributed by atoms with Crippen LogP contribution in [0.3, 0.4) is 0 Å². The molecule has 0 saturated carbocycles. The zero-order valence-corrected chi connectivity index (χ0v) is 14.5. The molecule has 0 atom stereocenters. The third kappa shape index (κ3) is 4.73. The molecule has 2 N–H and O–H groups in total. The van der Waals surface area contributed by atoms with E-state index >= 15 is 0 Å². The summed E-state index contributed by atoms with van der Waals surface area (Å²) in [4.78, 5) is 1.17. The molecule has 0 aliphatic heterocycles. The Labute approximate surface area is 138 Å². The minimum Gasteiger partial charge on any atom is -0.493 e. The maximum absolute atomic E-state index is 5.98. The van der Waals surface area contributed by atoms with Gasteiger partial charge in [-0.15, -0.1) is 11.3 Å². The molecule has 0 radical (unpaired) electrons. The van der Waals surface area contributed by atoms with Gasteiger partial charge in [-0.1, -0.05) is 13.0 Å². The third-order valence-electron chi connectivity index (χ3n) is 2.97. The number of nitrogens with two attached hydrogens (primary N) is 1. The lowest BCUT2D eigenvalue weighted by Crippen LogP contribution is -2.06. The van der Waals surface area contributed by atoms with E-state index in [0.717, 1.165) is 34.4 Å². The summed E-state index contributed by atoms with van der Waals surface area (Å²) in [5.41, 5.74) is 6.79.